The SMILES string of the molecule is C.CC(C)(C)c1ccc(S(C)(=O)=O)cc1.Cc1cc(C(C)(C)C)sn1.Cn1cc(C(C)(C)C)cn1. The Labute approximate surface area is 219 Å². The third kappa shape index (κ3) is 11.5. The number of rotatable bonds is 1. The number of benzene rings is 1. The summed E-state index contributed by atoms with van der Waals surface area (Å²) in [5.74, 6) is 0. The van der Waals surface area contributed by atoms with Gasteiger partial charge in [0.15, 0.2) is 9.84 Å². The molecule has 0 unspecified atom stereocenters. The van der Waals surface area contributed by atoms with Crippen LogP contribution in [-0.2, 0) is 33.1 Å². The van der Waals surface area contributed by atoms with Crippen molar-refractivity contribution in [1.82, 2.24) is 14.2 Å². The molecule has 1 aromatic carbocycles. The molecule has 0 fully saturated rings. The fourth-order valence-electron chi connectivity index (χ4n) is 2.73. The van der Waals surface area contributed by atoms with Crippen molar-refractivity contribution < 1.29 is 8.42 Å². The molecule has 3 aromatic rings. The van der Waals surface area contributed by atoms with Crippen molar-refractivity contribution in [2.24, 2.45) is 7.05 Å². The Hall–Kier alpha value is -1.99. The lowest BCUT2D eigenvalue weighted by atomic mass is 9.87. The molecule has 0 spiro atoms. The van der Waals surface area contributed by atoms with Gasteiger partial charge in [0.1, 0.15) is 0 Å². The minimum Gasteiger partial charge on any atom is -0.276 e. The summed E-state index contributed by atoms with van der Waals surface area (Å²) < 4.78 is 28.4. The number of hydrogen-bond donors (Lipinski definition) is 0. The molecule has 35 heavy (non-hydrogen) atoms. The van der Waals surface area contributed by atoms with Gasteiger partial charge in [-0.2, -0.15) is 9.47 Å². The zero-order chi connectivity index (χ0) is 26.5. The van der Waals surface area contributed by atoms with E-state index in [2.05, 4.69) is 84.0 Å². The topological polar surface area (TPSA) is 64.8 Å². The Morgan fingerprint density at radius 1 is 0.829 bits per heavy atom. The van der Waals surface area contributed by atoms with Crippen molar-refractivity contribution in [2.45, 2.75) is 97.8 Å². The summed E-state index contributed by atoms with van der Waals surface area (Å²) in [6.07, 6.45) is 5.19. The van der Waals surface area contributed by atoms with E-state index in [1.807, 2.05) is 37.0 Å². The summed E-state index contributed by atoms with van der Waals surface area (Å²) in [4.78, 5) is 1.75. The maximum absolute atomic E-state index is 11.2. The maximum atomic E-state index is 11.2. The predicted octanol–water partition coefficient (Wildman–Crippen LogP) is 7.49. The zero-order valence-electron chi connectivity index (χ0n) is 23.0. The van der Waals surface area contributed by atoms with Crippen LogP contribution in [0.2, 0.25) is 0 Å². The van der Waals surface area contributed by atoms with Gasteiger partial charge >= 0.3 is 0 Å². The fraction of sp³-hybridized carbons (Fsp3) is 0.571. The van der Waals surface area contributed by atoms with Gasteiger partial charge in [0.25, 0.3) is 0 Å². The van der Waals surface area contributed by atoms with Gasteiger partial charge in [-0.1, -0.05) is 81.9 Å². The van der Waals surface area contributed by atoms with Crippen molar-refractivity contribution in [2.75, 3.05) is 6.26 Å². The molecule has 2 heterocycles. The molecule has 0 aliphatic rings. The van der Waals surface area contributed by atoms with Crippen LogP contribution in [0.3, 0.4) is 0 Å². The highest BCUT2D eigenvalue weighted by Gasteiger charge is 2.16. The highest BCUT2D eigenvalue weighted by atomic mass is 32.2. The van der Waals surface area contributed by atoms with Crippen LogP contribution in [0, 0.1) is 6.92 Å². The van der Waals surface area contributed by atoms with Crippen LogP contribution in [-0.4, -0.2) is 28.8 Å². The number of hydrogen-bond acceptors (Lipinski definition) is 5. The molecule has 2 aromatic heterocycles. The highest BCUT2D eigenvalue weighted by Crippen LogP contribution is 2.26. The second kappa shape index (κ2) is 12.3. The summed E-state index contributed by atoms with van der Waals surface area (Å²) in [6.45, 7) is 21.5. The van der Waals surface area contributed by atoms with E-state index in [4.69, 9.17) is 0 Å². The first kappa shape index (κ1) is 33.0. The Bertz CT molecular complexity index is 1090. The molecule has 198 valence electrons. The molecule has 0 atom stereocenters. The van der Waals surface area contributed by atoms with Gasteiger partial charge < -0.3 is 0 Å². The van der Waals surface area contributed by atoms with Gasteiger partial charge in [0.2, 0.25) is 0 Å². The molecule has 0 bridgehead atoms. The van der Waals surface area contributed by atoms with Crippen LogP contribution >= 0.6 is 11.5 Å². The molecule has 0 saturated carbocycles. The lowest BCUT2D eigenvalue weighted by molar-refractivity contribution is 0.587. The largest absolute Gasteiger partial charge is 0.276 e. The van der Waals surface area contributed by atoms with Gasteiger partial charge in [-0.15, -0.1) is 0 Å². The van der Waals surface area contributed by atoms with Gasteiger partial charge in [-0.25, -0.2) is 8.42 Å². The lowest BCUT2D eigenvalue weighted by Crippen LogP contribution is -2.11. The monoisotopic (exact) mass is 521 g/mol. The van der Waals surface area contributed by atoms with Crippen molar-refractivity contribution in [3.8, 4) is 0 Å². The summed E-state index contributed by atoms with van der Waals surface area (Å²) in [5, 5.41) is 4.10. The average Bonchev–Trinajstić information content (AvgIpc) is 3.29. The van der Waals surface area contributed by atoms with E-state index in [0.717, 1.165) is 11.3 Å². The van der Waals surface area contributed by atoms with Crippen molar-refractivity contribution >= 4 is 21.4 Å². The minimum atomic E-state index is -3.07. The number of aryl methyl sites for hydroxylation is 2. The van der Waals surface area contributed by atoms with E-state index in [9.17, 15) is 8.42 Å². The third-order valence-corrected chi connectivity index (χ3v) is 7.52. The molecule has 0 radical (unpaired) electrons. The molecule has 0 amide bonds. The summed E-state index contributed by atoms with van der Waals surface area (Å²) in [6, 6.07) is 9.23. The van der Waals surface area contributed by atoms with Crippen molar-refractivity contribution in [1.29, 1.82) is 0 Å². The number of sulfone groups is 1. The van der Waals surface area contributed by atoms with Crippen LogP contribution in [0.15, 0.2) is 47.6 Å². The van der Waals surface area contributed by atoms with E-state index in [1.165, 1.54) is 16.7 Å². The molecule has 3 rings (SSSR count). The van der Waals surface area contributed by atoms with Gasteiger partial charge in [0, 0.05) is 24.4 Å². The molecule has 0 aliphatic carbocycles. The van der Waals surface area contributed by atoms with Gasteiger partial charge in [-0.05, 0) is 64.0 Å². The Kier molecular flexibility index (Phi) is 11.6. The van der Waals surface area contributed by atoms with Gasteiger partial charge in [0.05, 0.1) is 16.8 Å². The van der Waals surface area contributed by atoms with Crippen LogP contribution in [0.25, 0.3) is 0 Å². The van der Waals surface area contributed by atoms with Crippen molar-refractivity contribution in [3.05, 3.63) is 64.4 Å². The zero-order valence-corrected chi connectivity index (χ0v) is 24.6. The molecule has 0 N–H and O–H groups in total. The van der Waals surface area contributed by atoms with Crippen LogP contribution in [0.1, 0.15) is 91.4 Å². The quantitative estimate of drug-likeness (QED) is 0.333. The Balaban J connectivity index is 0.000000499. The molecule has 7 heteroatoms. The van der Waals surface area contributed by atoms with E-state index in [-0.39, 0.29) is 23.7 Å². The Morgan fingerprint density at radius 3 is 1.54 bits per heavy atom. The first-order valence-electron chi connectivity index (χ1n) is 11.4. The first-order chi connectivity index (χ1) is 15.2. The minimum absolute atomic E-state index is 0. The molecule has 0 aliphatic heterocycles. The predicted molar refractivity (Wildman–Crippen MR) is 152 cm³/mol. The van der Waals surface area contributed by atoms with Crippen LogP contribution in [0.4, 0.5) is 0 Å². The summed E-state index contributed by atoms with van der Waals surface area (Å²) >= 11 is 1.61. The maximum Gasteiger partial charge on any atom is 0.175 e. The highest BCUT2D eigenvalue weighted by molar-refractivity contribution is 7.90. The summed E-state index contributed by atoms with van der Waals surface area (Å²) in [5.41, 5.74) is 4.13. The average molecular weight is 522 g/mol. The van der Waals surface area contributed by atoms with Crippen LogP contribution in [0.5, 0.6) is 0 Å². The normalized spacial score (nSPS) is 12.0. The van der Waals surface area contributed by atoms with Crippen molar-refractivity contribution in [3.63, 3.8) is 0 Å². The van der Waals surface area contributed by atoms with E-state index in [1.54, 1.807) is 23.7 Å². The van der Waals surface area contributed by atoms with E-state index >= 15 is 0 Å². The second-order valence-electron chi connectivity index (χ2n) is 11.8. The summed E-state index contributed by atoms with van der Waals surface area (Å²) in [7, 11) is -1.13. The van der Waals surface area contributed by atoms with E-state index in [0.29, 0.717) is 4.90 Å². The molecule has 0 saturated heterocycles. The van der Waals surface area contributed by atoms with E-state index < -0.39 is 9.84 Å². The smallest absolute Gasteiger partial charge is 0.175 e. The number of aromatic nitrogens is 3. The first-order valence-corrected chi connectivity index (χ1v) is 14.1. The fourth-order valence-corrected chi connectivity index (χ4v) is 4.15. The molecule has 5 nitrogen and oxygen atoms in total. The third-order valence-electron chi connectivity index (χ3n) is 5.09. The number of nitrogens with zero attached hydrogens (tertiary/aromatic N) is 3. The van der Waals surface area contributed by atoms with Gasteiger partial charge in [-0.3, -0.25) is 4.68 Å². The molecular weight excluding hydrogens is 474 g/mol. The van der Waals surface area contributed by atoms with Crippen LogP contribution < -0.4 is 0 Å². The Morgan fingerprint density at radius 2 is 1.31 bits per heavy atom. The lowest BCUT2D eigenvalue weighted by Gasteiger charge is -2.18. The standard InChI is InChI=1S/C11H16O2S.C8H14N2.C8H13NS.CH4/c1-11(2,3)9-5-7-10(8-6-9)14(4,12)13;1-8(2,3)7-5-9-10(4)6-7;1-6-5-7(10-9-6)8(2,3)4;/h5-8H,1-4H3;5-6H,1-4H3;5H,1-4H3;1H4. The second-order valence-corrected chi connectivity index (χ2v) is 14.6. The molecular formula is C28H47N3O2S2.